The Labute approximate surface area is 146 Å². The second-order valence-electron chi connectivity index (χ2n) is 4.74. The van der Waals surface area contributed by atoms with Crippen molar-refractivity contribution in [3.63, 3.8) is 0 Å². The fourth-order valence-electron chi connectivity index (χ4n) is 1.99. The van der Waals surface area contributed by atoms with Crippen molar-refractivity contribution in [3.05, 3.63) is 50.6 Å². The number of amides is 1. The third kappa shape index (κ3) is 3.93. The Balaban J connectivity index is 1.56. The third-order valence-electron chi connectivity index (χ3n) is 3.07. The van der Waals surface area contributed by atoms with Crippen LogP contribution >= 0.6 is 34.3 Å². The molecule has 3 rings (SSSR count). The molecule has 0 bridgehead atoms. The average molecular weight is 365 g/mol. The molecule has 0 saturated carbocycles. The predicted octanol–water partition coefficient (Wildman–Crippen LogP) is 3.60. The molecule has 3 aromatic heterocycles. The number of carbonyl (C=O) groups is 1. The number of hydrogen-bond donors (Lipinski definition) is 1. The number of nitrogens with zero attached hydrogens (tertiary/aromatic N) is 3. The van der Waals surface area contributed by atoms with Crippen LogP contribution in [0.3, 0.4) is 0 Å². The molecular weight excluding hydrogens is 352 g/mol. The first kappa shape index (κ1) is 16.0. The van der Waals surface area contributed by atoms with Crippen molar-refractivity contribution in [2.45, 2.75) is 13.3 Å². The van der Waals surface area contributed by atoms with Gasteiger partial charge in [-0.25, -0.2) is 15.0 Å². The molecule has 0 aliphatic heterocycles. The fraction of sp³-hybridized carbons (Fsp3) is 0.200. The molecule has 3 heterocycles. The maximum absolute atomic E-state index is 12.0. The molecule has 1 amide bonds. The Bertz CT molecular complexity index is 830. The van der Waals surface area contributed by atoms with Crippen LogP contribution in [-0.4, -0.2) is 27.4 Å². The molecule has 0 spiro atoms. The Hall–Kier alpha value is -1.83. The van der Waals surface area contributed by atoms with Gasteiger partial charge in [-0.2, -0.15) is 0 Å². The standard InChI is InChI=1S/C15H13ClN4OS2/c1-9-20-12(7-22-9)13-3-2-10(23-13)4-5-18-15(21)14-11(16)6-17-8-19-14/h2-3,6-8H,4-5H2,1H3,(H,18,21). The van der Waals surface area contributed by atoms with E-state index in [0.29, 0.717) is 6.54 Å². The van der Waals surface area contributed by atoms with Gasteiger partial charge in [-0.05, 0) is 25.5 Å². The molecule has 5 nitrogen and oxygen atoms in total. The summed E-state index contributed by atoms with van der Waals surface area (Å²) in [5.41, 5.74) is 1.21. The van der Waals surface area contributed by atoms with Gasteiger partial charge < -0.3 is 5.32 Å². The minimum absolute atomic E-state index is 0.200. The zero-order chi connectivity index (χ0) is 16.2. The van der Waals surface area contributed by atoms with Crippen molar-refractivity contribution in [1.29, 1.82) is 0 Å². The SMILES string of the molecule is Cc1nc(-c2ccc(CCNC(=O)c3ncncc3Cl)s2)cs1. The monoisotopic (exact) mass is 364 g/mol. The van der Waals surface area contributed by atoms with Gasteiger partial charge in [0.1, 0.15) is 12.0 Å². The van der Waals surface area contributed by atoms with E-state index in [-0.39, 0.29) is 16.6 Å². The number of rotatable bonds is 5. The van der Waals surface area contributed by atoms with Gasteiger partial charge >= 0.3 is 0 Å². The minimum atomic E-state index is -0.288. The molecule has 0 atom stereocenters. The molecule has 23 heavy (non-hydrogen) atoms. The number of halogens is 1. The van der Waals surface area contributed by atoms with Gasteiger partial charge in [-0.1, -0.05) is 11.6 Å². The number of aromatic nitrogens is 3. The highest BCUT2D eigenvalue weighted by atomic mass is 35.5. The van der Waals surface area contributed by atoms with Crippen LogP contribution in [0, 0.1) is 6.92 Å². The summed E-state index contributed by atoms with van der Waals surface area (Å²) in [7, 11) is 0. The van der Waals surface area contributed by atoms with Crippen molar-refractivity contribution in [2.24, 2.45) is 0 Å². The topological polar surface area (TPSA) is 67.8 Å². The van der Waals surface area contributed by atoms with Gasteiger partial charge in [0.25, 0.3) is 5.91 Å². The largest absolute Gasteiger partial charge is 0.350 e. The lowest BCUT2D eigenvalue weighted by Crippen LogP contribution is -2.26. The van der Waals surface area contributed by atoms with Gasteiger partial charge in [0.2, 0.25) is 0 Å². The van der Waals surface area contributed by atoms with E-state index in [4.69, 9.17) is 11.6 Å². The summed E-state index contributed by atoms with van der Waals surface area (Å²) in [5, 5.41) is 6.19. The third-order valence-corrected chi connectivity index (χ3v) is 5.29. The predicted molar refractivity (Wildman–Crippen MR) is 93.2 cm³/mol. The quantitative estimate of drug-likeness (QED) is 0.751. The van der Waals surface area contributed by atoms with Crippen molar-refractivity contribution < 1.29 is 4.79 Å². The highest BCUT2D eigenvalue weighted by Gasteiger charge is 2.11. The van der Waals surface area contributed by atoms with E-state index in [2.05, 4.69) is 37.8 Å². The summed E-state index contributed by atoms with van der Waals surface area (Å²) in [6.45, 7) is 2.52. The molecule has 0 saturated heterocycles. The molecular formula is C15H13ClN4OS2. The van der Waals surface area contributed by atoms with Gasteiger partial charge in [-0.15, -0.1) is 22.7 Å². The van der Waals surface area contributed by atoms with Crippen LogP contribution in [0.4, 0.5) is 0 Å². The summed E-state index contributed by atoms with van der Waals surface area (Å²) in [6, 6.07) is 4.14. The van der Waals surface area contributed by atoms with E-state index in [1.54, 1.807) is 22.7 Å². The Morgan fingerprint density at radius 3 is 3.00 bits per heavy atom. The lowest BCUT2D eigenvalue weighted by Gasteiger charge is -2.04. The normalized spacial score (nSPS) is 10.7. The van der Waals surface area contributed by atoms with Crippen molar-refractivity contribution in [3.8, 4) is 10.6 Å². The molecule has 0 aliphatic rings. The van der Waals surface area contributed by atoms with Crippen LogP contribution < -0.4 is 5.32 Å². The summed E-state index contributed by atoms with van der Waals surface area (Å²) in [5.74, 6) is -0.288. The number of aryl methyl sites for hydroxylation is 1. The second kappa shape index (κ2) is 7.16. The smallest absolute Gasteiger partial charge is 0.271 e. The van der Waals surface area contributed by atoms with Crippen LogP contribution in [0.2, 0.25) is 5.02 Å². The van der Waals surface area contributed by atoms with Crippen LogP contribution in [0.1, 0.15) is 20.4 Å². The van der Waals surface area contributed by atoms with Gasteiger partial charge in [-0.3, -0.25) is 4.79 Å². The highest BCUT2D eigenvalue weighted by Crippen LogP contribution is 2.29. The first-order valence-corrected chi connectivity index (χ1v) is 8.96. The molecule has 0 fully saturated rings. The summed E-state index contributed by atoms with van der Waals surface area (Å²) in [6.07, 6.45) is 3.47. The summed E-state index contributed by atoms with van der Waals surface area (Å²) >= 11 is 9.23. The maximum Gasteiger partial charge on any atom is 0.271 e. The number of carbonyl (C=O) groups excluding carboxylic acids is 1. The van der Waals surface area contributed by atoms with Gasteiger partial charge in [0.05, 0.1) is 20.6 Å². The zero-order valence-electron chi connectivity index (χ0n) is 12.2. The van der Waals surface area contributed by atoms with E-state index >= 15 is 0 Å². The summed E-state index contributed by atoms with van der Waals surface area (Å²) in [4.78, 5) is 26.5. The first-order valence-electron chi connectivity index (χ1n) is 6.88. The molecule has 1 N–H and O–H groups in total. The van der Waals surface area contributed by atoms with Gasteiger partial charge in [0.15, 0.2) is 0 Å². The Morgan fingerprint density at radius 1 is 1.39 bits per heavy atom. The van der Waals surface area contributed by atoms with Gasteiger partial charge in [0, 0.05) is 23.0 Å². The summed E-state index contributed by atoms with van der Waals surface area (Å²) < 4.78 is 0. The second-order valence-corrected chi connectivity index (χ2v) is 7.38. The van der Waals surface area contributed by atoms with E-state index in [0.717, 1.165) is 22.0 Å². The highest BCUT2D eigenvalue weighted by molar-refractivity contribution is 7.16. The fourth-order valence-corrected chi connectivity index (χ4v) is 3.84. The number of hydrogen-bond acceptors (Lipinski definition) is 6. The number of thiazole rings is 1. The van der Waals surface area contributed by atoms with E-state index in [9.17, 15) is 4.79 Å². The van der Waals surface area contributed by atoms with E-state index < -0.39 is 0 Å². The number of nitrogens with one attached hydrogen (secondary N) is 1. The lowest BCUT2D eigenvalue weighted by molar-refractivity contribution is 0.0949. The molecule has 0 radical (unpaired) electrons. The lowest BCUT2D eigenvalue weighted by atomic mass is 10.3. The van der Waals surface area contributed by atoms with Crippen molar-refractivity contribution >= 4 is 40.2 Å². The molecule has 3 aromatic rings. The Kier molecular flexibility index (Phi) is 5.00. The van der Waals surface area contributed by atoms with Crippen LogP contribution in [-0.2, 0) is 6.42 Å². The molecule has 0 aromatic carbocycles. The van der Waals surface area contributed by atoms with Crippen LogP contribution in [0.5, 0.6) is 0 Å². The van der Waals surface area contributed by atoms with Crippen molar-refractivity contribution in [2.75, 3.05) is 6.54 Å². The minimum Gasteiger partial charge on any atom is -0.350 e. The average Bonchev–Trinajstić information content (AvgIpc) is 3.16. The zero-order valence-corrected chi connectivity index (χ0v) is 14.6. The van der Waals surface area contributed by atoms with Crippen LogP contribution in [0.15, 0.2) is 30.0 Å². The van der Waals surface area contributed by atoms with Crippen molar-refractivity contribution in [1.82, 2.24) is 20.3 Å². The maximum atomic E-state index is 12.0. The molecule has 8 heteroatoms. The van der Waals surface area contributed by atoms with Crippen LogP contribution in [0.25, 0.3) is 10.6 Å². The van der Waals surface area contributed by atoms with E-state index in [1.165, 1.54) is 17.4 Å². The Morgan fingerprint density at radius 2 is 2.26 bits per heavy atom. The molecule has 118 valence electrons. The molecule has 0 aliphatic carbocycles. The van der Waals surface area contributed by atoms with E-state index in [1.807, 2.05) is 6.92 Å². The first-order chi connectivity index (χ1) is 11.1. The molecule has 0 unspecified atom stereocenters. The number of thiophene rings is 1.